The van der Waals surface area contributed by atoms with Crippen LogP contribution < -0.4 is 5.32 Å². The fourth-order valence-electron chi connectivity index (χ4n) is 4.90. The van der Waals surface area contributed by atoms with Crippen LogP contribution in [0.3, 0.4) is 0 Å². The zero-order valence-corrected chi connectivity index (χ0v) is 20.2. The largest absolute Gasteiger partial charge is 0.467 e. The Morgan fingerprint density at radius 2 is 1.88 bits per heavy atom. The quantitative estimate of drug-likeness (QED) is 0.381. The Labute approximate surface area is 200 Å². The Balaban J connectivity index is 1.65. The van der Waals surface area contributed by atoms with E-state index >= 15 is 0 Å². The smallest absolute Gasteiger partial charge is 0.170 e. The third-order valence-corrected chi connectivity index (χ3v) is 6.85. The summed E-state index contributed by atoms with van der Waals surface area (Å²) in [6, 6.07) is 18.8. The maximum Gasteiger partial charge on any atom is 0.170 e. The van der Waals surface area contributed by atoms with E-state index < -0.39 is 0 Å². The Kier molecular flexibility index (Phi) is 5.54. The predicted molar refractivity (Wildman–Crippen MR) is 134 cm³/mol. The first kappa shape index (κ1) is 21.5. The molecule has 0 radical (unpaired) electrons. The average Bonchev–Trinajstić information content (AvgIpc) is 3.50. The lowest BCUT2D eigenvalue weighted by Gasteiger charge is -2.27. The molecule has 0 bridgehead atoms. The summed E-state index contributed by atoms with van der Waals surface area (Å²) in [6.07, 6.45) is 3.55. The summed E-state index contributed by atoms with van der Waals surface area (Å²) >= 11 is 5.82. The highest BCUT2D eigenvalue weighted by Gasteiger charge is 2.41. The van der Waals surface area contributed by atoms with E-state index in [0.29, 0.717) is 11.7 Å². The van der Waals surface area contributed by atoms with Crippen LogP contribution in [0.15, 0.2) is 71.5 Å². The van der Waals surface area contributed by atoms with Gasteiger partial charge in [0, 0.05) is 23.3 Å². The van der Waals surface area contributed by atoms with Crippen molar-refractivity contribution in [1.29, 1.82) is 0 Å². The van der Waals surface area contributed by atoms with Gasteiger partial charge in [-0.15, -0.1) is 0 Å². The lowest BCUT2D eigenvalue weighted by Crippen LogP contribution is -2.29. The molecule has 5 nitrogen and oxygen atoms in total. The SMILES string of the molecule is Cc1ccc(C)c(-n2c(C)cc([C@H]3[C@@H](c4ccccn4)NC(=S)N3Cc3ccco3)c2C)c1. The Morgan fingerprint density at radius 3 is 2.61 bits per heavy atom. The average molecular weight is 457 g/mol. The minimum absolute atomic E-state index is 0.0115. The predicted octanol–water partition coefficient (Wildman–Crippen LogP) is 5.87. The van der Waals surface area contributed by atoms with E-state index in [1.165, 1.54) is 33.8 Å². The zero-order valence-electron chi connectivity index (χ0n) is 19.4. The van der Waals surface area contributed by atoms with Crippen molar-refractivity contribution in [2.24, 2.45) is 0 Å². The molecule has 2 atom stereocenters. The second kappa shape index (κ2) is 8.52. The first-order chi connectivity index (χ1) is 15.9. The van der Waals surface area contributed by atoms with E-state index in [4.69, 9.17) is 16.6 Å². The molecule has 1 aromatic carbocycles. The van der Waals surface area contributed by atoms with Gasteiger partial charge in [0.2, 0.25) is 0 Å². The zero-order chi connectivity index (χ0) is 23.1. The topological polar surface area (TPSA) is 46.2 Å². The van der Waals surface area contributed by atoms with Crippen LogP contribution in [-0.2, 0) is 6.54 Å². The van der Waals surface area contributed by atoms with Gasteiger partial charge in [-0.3, -0.25) is 4.98 Å². The third-order valence-electron chi connectivity index (χ3n) is 6.50. The first-order valence-corrected chi connectivity index (χ1v) is 11.6. The van der Waals surface area contributed by atoms with Gasteiger partial charge in [0.05, 0.1) is 30.6 Å². The fourth-order valence-corrected chi connectivity index (χ4v) is 5.21. The van der Waals surface area contributed by atoms with Crippen LogP contribution in [0.2, 0.25) is 0 Å². The number of hydrogen-bond donors (Lipinski definition) is 1. The molecule has 1 aliphatic rings. The molecule has 6 heteroatoms. The van der Waals surface area contributed by atoms with Crippen molar-refractivity contribution in [3.63, 3.8) is 0 Å². The molecular formula is C27H28N4OS. The van der Waals surface area contributed by atoms with E-state index in [9.17, 15) is 0 Å². The Hall–Kier alpha value is -3.38. The minimum Gasteiger partial charge on any atom is -0.467 e. The number of benzene rings is 1. The van der Waals surface area contributed by atoms with Crippen molar-refractivity contribution in [3.8, 4) is 5.69 Å². The number of nitrogens with one attached hydrogen (secondary N) is 1. The summed E-state index contributed by atoms with van der Waals surface area (Å²) in [6.45, 7) is 9.27. The molecule has 5 rings (SSSR count). The van der Waals surface area contributed by atoms with Gasteiger partial charge in [-0.05, 0) is 93.0 Å². The number of hydrogen-bond acceptors (Lipinski definition) is 3. The van der Waals surface area contributed by atoms with Gasteiger partial charge in [0.25, 0.3) is 0 Å². The minimum atomic E-state index is -0.0544. The lowest BCUT2D eigenvalue weighted by molar-refractivity contribution is 0.286. The molecule has 168 valence electrons. The molecule has 33 heavy (non-hydrogen) atoms. The molecule has 0 spiro atoms. The van der Waals surface area contributed by atoms with Crippen LogP contribution in [0.25, 0.3) is 5.69 Å². The standard InChI is InChI=1S/C27H28N4OS/c1-17-10-11-18(2)24(14-17)31-19(3)15-22(20(31)4)26-25(23-9-5-6-12-28-23)29-27(33)30(26)16-21-8-7-13-32-21/h5-15,25-26H,16H2,1-4H3,(H,29,33)/t25-,26+/m1/s1. The molecular weight excluding hydrogens is 428 g/mol. The molecule has 3 aromatic heterocycles. The van der Waals surface area contributed by atoms with Gasteiger partial charge < -0.3 is 19.2 Å². The lowest BCUT2D eigenvalue weighted by atomic mass is 9.96. The monoisotopic (exact) mass is 456 g/mol. The molecule has 4 aromatic rings. The molecule has 0 amide bonds. The molecule has 1 N–H and O–H groups in total. The Morgan fingerprint density at radius 1 is 1.03 bits per heavy atom. The van der Waals surface area contributed by atoms with E-state index in [2.05, 4.69) is 77.8 Å². The van der Waals surface area contributed by atoms with E-state index in [-0.39, 0.29) is 12.1 Å². The van der Waals surface area contributed by atoms with Crippen molar-refractivity contribution >= 4 is 17.3 Å². The molecule has 1 aliphatic heterocycles. The second-order valence-corrected chi connectivity index (χ2v) is 9.17. The number of furan rings is 1. The van der Waals surface area contributed by atoms with Crippen molar-refractivity contribution in [1.82, 2.24) is 19.8 Å². The van der Waals surface area contributed by atoms with E-state index in [0.717, 1.165) is 11.5 Å². The maximum atomic E-state index is 5.82. The Bertz CT molecular complexity index is 1290. The number of thiocarbonyl (C=S) groups is 1. The highest BCUT2D eigenvalue weighted by molar-refractivity contribution is 7.80. The van der Waals surface area contributed by atoms with Crippen LogP contribution in [0.5, 0.6) is 0 Å². The van der Waals surface area contributed by atoms with Gasteiger partial charge in [-0.2, -0.15) is 0 Å². The number of pyridine rings is 1. The van der Waals surface area contributed by atoms with E-state index in [1.54, 1.807) is 6.26 Å². The molecule has 4 heterocycles. The van der Waals surface area contributed by atoms with Crippen molar-refractivity contribution < 1.29 is 4.42 Å². The van der Waals surface area contributed by atoms with Crippen molar-refractivity contribution in [2.75, 3.05) is 0 Å². The van der Waals surface area contributed by atoms with Crippen LogP contribution in [0.1, 0.15) is 51.6 Å². The molecule has 1 fully saturated rings. The third kappa shape index (κ3) is 3.85. The van der Waals surface area contributed by atoms with Gasteiger partial charge in [0.15, 0.2) is 5.11 Å². The summed E-state index contributed by atoms with van der Waals surface area (Å²) < 4.78 is 8.04. The highest BCUT2D eigenvalue weighted by Crippen LogP contribution is 2.42. The summed E-state index contributed by atoms with van der Waals surface area (Å²) in [5, 5.41) is 4.25. The molecule has 0 saturated carbocycles. The summed E-state index contributed by atoms with van der Waals surface area (Å²) in [5.74, 6) is 0.883. The molecule has 0 aliphatic carbocycles. The number of aromatic nitrogens is 2. The second-order valence-electron chi connectivity index (χ2n) is 8.79. The normalized spacial score (nSPS) is 18.1. The van der Waals surface area contributed by atoms with E-state index in [1.807, 2.05) is 30.5 Å². The van der Waals surface area contributed by atoms with Gasteiger partial charge in [0.1, 0.15) is 5.76 Å². The van der Waals surface area contributed by atoms with Gasteiger partial charge in [-0.1, -0.05) is 18.2 Å². The van der Waals surface area contributed by atoms with Crippen LogP contribution in [0.4, 0.5) is 0 Å². The molecule has 0 unspecified atom stereocenters. The summed E-state index contributed by atoms with van der Waals surface area (Å²) in [4.78, 5) is 6.89. The first-order valence-electron chi connectivity index (χ1n) is 11.2. The van der Waals surface area contributed by atoms with Crippen LogP contribution in [-0.4, -0.2) is 19.6 Å². The van der Waals surface area contributed by atoms with Crippen LogP contribution >= 0.6 is 12.2 Å². The van der Waals surface area contributed by atoms with Gasteiger partial charge >= 0.3 is 0 Å². The van der Waals surface area contributed by atoms with Crippen molar-refractivity contribution in [3.05, 3.63) is 107 Å². The highest BCUT2D eigenvalue weighted by atomic mass is 32.1. The van der Waals surface area contributed by atoms with Gasteiger partial charge in [-0.25, -0.2) is 0 Å². The summed E-state index contributed by atoms with van der Waals surface area (Å²) in [5.41, 5.74) is 8.35. The van der Waals surface area contributed by atoms with Crippen molar-refractivity contribution in [2.45, 2.75) is 46.3 Å². The fraction of sp³-hybridized carbons (Fsp3) is 0.259. The number of rotatable bonds is 5. The molecule has 1 saturated heterocycles. The van der Waals surface area contributed by atoms with Crippen LogP contribution in [0, 0.1) is 27.7 Å². The number of nitrogens with zero attached hydrogens (tertiary/aromatic N) is 3. The number of aryl methyl sites for hydroxylation is 3. The maximum absolute atomic E-state index is 5.82. The summed E-state index contributed by atoms with van der Waals surface area (Å²) in [7, 11) is 0.